The van der Waals surface area contributed by atoms with Crippen LogP contribution in [0.1, 0.15) is 13.8 Å². The van der Waals surface area contributed by atoms with Crippen molar-refractivity contribution in [1.82, 2.24) is 9.80 Å². The minimum Gasteiger partial charge on any atom is -0.342 e. The lowest BCUT2D eigenvalue weighted by molar-refractivity contribution is -0.131. The van der Waals surface area contributed by atoms with Gasteiger partial charge in [0.25, 0.3) is 0 Å². The number of benzene rings is 1. The molecule has 0 atom stereocenters. The van der Waals surface area contributed by atoms with Crippen LogP contribution in [0.3, 0.4) is 0 Å². The van der Waals surface area contributed by atoms with E-state index in [9.17, 15) is 9.18 Å². The molecule has 1 aromatic carbocycles. The summed E-state index contributed by atoms with van der Waals surface area (Å²) in [5.74, 6) is 0.732. The maximum Gasteiger partial charge on any atom is 0.236 e. The molecule has 0 saturated carbocycles. The van der Waals surface area contributed by atoms with Gasteiger partial charge in [-0.3, -0.25) is 9.69 Å². The van der Waals surface area contributed by atoms with Crippen molar-refractivity contribution in [2.75, 3.05) is 39.0 Å². The second-order valence-corrected chi connectivity index (χ2v) is 5.72. The maximum atomic E-state index is 13.4. The van der Waals surface area contributed by atoms with Crippen molar-refractivity contribution in [2.24, 2.45) is 0 Å². The van der Waals surface area contributed by atoms with Gasteiger partial charge >= 0.3 is 0 Å². The first-order valence-corrected chi connectivity index (χ1v) is 7.90. The zero-order valence-electron chi connectivity index (χ0n) is 12.4. The van der Waals surface area contributed by atoms with Crippen LogP contribution in [-0.2, 0) is 4.79 Å². The van der Waals surface area contributed by atoms with E-state index in [0.717, 1.165) is 25.4 Å². The Morgan fingerprint density at radius 1 is 1.25 bits per heavy atom. The third kappa shape index (κ3) is 5.51. The lowest BCUT2D eigenvalue weighted by Crippen LogP contribution is -2.39. The number of hydrogen-bond donors (Lipinski definition) is 0. The van der Waals surface area contributed by atoms with E-state index in [1.807, 2.05) is 36.8 Å². The van der Waals surface area contributed by atoms with Gasteiger partial charge in [0, 0.05) is 30.3 Å². The van der Waals surface area contributed by atoms with Gasteiger partial charge in [-0.15, -0.1) is 11.8 Å². The maximum absolute atomic E-state index is 13.4. The lowest BCUT2D eigenvalue weighted by Gasteiger charge is -2.22. The molecule has 1 aromatic rings. The van der Waals surface area contributed by atoms with Crippen molar-refractivity contribution in [3.05, 3.63) is 30.1 Å². The molecule has 20 heavy (non-hydrogen) atoms. The monoisotopic (exact) mass is 298 g/mol. The van der Waals surface area contributed by atoms with Crippen LogP contribution >= 0.6 is 11.8 Å². The molecule has 1 amide bonds. The van der Waals surface area contributed by atoms with Gasteiger partial charge in [0.2, 0.25) is 5.91 Å². The zero-order valence-corrected chi connectivity index (χ0v) is 13.3. The molecule has 0 heterocycles. The molecule has 0 aliphatic carbocycles. The molecule has 0 unspecified atom stereocenters. The summed E-state index contributed by atoms with van der Waals surface area (Å²) in [6, 6.07) is 6.77. The topological polar surface area (TPSA) is 23.6 Å². The smallest absolute Gasteiger partial charge is 0.236 e. The first-order valence-electron chi connectivity index (χ1n) is 6.92. The Labute approximate surface area is 125 Å². The quantitative estimate of drug-likeness (QED) is 0.690. The molecule has 0 radical (unpaired) electrons. The molecule has 0 fully saturated rings. The van der Waals surface area contributed by atoms with Gasteiger partial charge < -0.3 is 4.90 Å². The number of carbonyl (C=O) groups excluding carboxylic acids is 1. The Hall–Kier alpha value is -1.07. The van der Waals surface area contributed by atoms with E-state index in [1.165, 1.54) is 17.8 Å². The summed E-state index contributed by atoms with van der Waals surface area (Å²) in [7, 11) is 1.92. The molecule has 0 N–H and O–H groups in total. The summed E-state index contributed by atoms with van der Waals surface area (Å²) in [5.41, 5.74) is 0. The molecule has 0 aliphatic rings. The van der Waals surface area contributed by atoms with Crippen molar-refractivity contribution in [3.8, 4) is 0 Å². The van der Waals surface area contributed by atoms with Crippen molar-refractivity contribution >= 4 is 17.7 Å². The Balaban J connectivity index is 2.32. The largest absolute Gasteiger partial charge is 0.342 e. The van der Waals surface area contributed by atoms with E-state index in [2.05, 4.69) is 0 Å². The van der Waals surface area contributed by atoms with Crippen molar-refractivity contribution in [1.29, 1.82) is 0 Å². The fraction of sp³-hybridized carbons (Fsp3) is 0.533. The highest BCUT2D eigenvalue weighted by atomic mass is 32.2. The molecule has 112 valence electrons. The molecule has 0 aromatic heterocycles. The van der Waals surface area contributed by atoms with Gasteiger partial charge in [0.15, 0.2) is 0 Å². The molecule has 0 saturated heterocycles. The number of hydrogen-bond acceptors (Lipinski definition) is 3. The van der Waals surface area contributed by atoms with Crippen LogP contribution in [-0.4, -0.2) is 54.7 Å². The fourth-order valence-electron chi connectivity index (χ4n) is 1.86. The zero-order chi connectivity index (χ0) is 15.0. The second-order valence-electron chi connectivity index (χ2n) is 4.58. The molecule has 0 spiro atoms. The van der Waals surface area contributed by atoms with E-state index >= 15 is 0 Å². The van der Waals surface area contributed by atoms with Gasteiger partial charge in [-0.1, -0.05) is 12.1 Å². The molecular formula is C15H23FN2OS. The molecule has 0 bridgehead atoms. The van der Waals surface area contributed by atoms with Crippen LogP contribution in [0.15, 0.2) is 29.2 Å². The summed E-state index contributed by atoms with van der Waals surface area (Å²) in [4.78, 5) is 16.4. The Morgan fingerprint density at radius 3 is 2.50 bits per heavy atom. The lowest BCUT2D eigenvalue weighted by atomic mass is 10.3. The van der Waals surface area contributed by atoms with Crippen LogP contribution in [0.25, 0.3) is 0 Å². The van der Waals surface area contributed by atoms with Gasteiger partial charge in [-0.2, -0.15) is 0 Å². The van der Waals surface area contributed by atoms with Crippen LogP contribution in [0.2, 0.25) is 0 Å². The Morgan fingerprint density at radius 2 is 1.90 bits per heavy atom. The molecular weight excluding hydrogens is 275 g/mol. The number of amides is 1. The van der Waals surface area contributed by atoms with Crippen LogP contribution < -0.4 is 0 Å². The highest BCUT2D eigenvalue weighted by Gasteiger charge is 2.12. The summed E-state index contributed by atoms with van der Waals surface area (Å²) < 4.78 is 13.4. The van der Waals surface area contributed by atoms with Crippen LogP contribution in [0.4, 0.5) is 4.39 Å². The van der Waals surface area contributed by atoms with Gasteiger partial charge in [0.1, 0.15) is 5.82 Å². The van der Waals surface area contributed by atoms with Crippen molar-refractivity contribution in [3.63, 3.8) is 0 Å². The molecule has 1 rings (SSSR count). The molecule has 0 aliphatic heterocycles. The standard InChI is InChI=1S/C15H23FN2OS/c1-4-18(5-2)15(19)12-17(3)10-11-20-14-9-7-6-8-13(14)16/h6-9H,4-5,10-12H2,1-3H3. The second kappa shape index (κ2) is 8.97. The third-order valence-electron chi connectivity index (χ3n) is 3.09. The SMILES string of the molecule is CCN(CC)C(=O)CN(C)CCSc1ccccc1F. The number of thioether (sulfide) groups is 1. The summed E-state index contributed by atoms with van der Waals surface area (Å²) in [6.45, 7) is 6.62. The van der Waals surface area contributed by atoms with Crippen LogP contribution in [0, 0.1) is 5.82 Å². The van der Waals surface area contributed by atoms with E-state index in [-0.39, 0.29) is 11.7 Å². The van der Waals surface area contributed by atoms with E-state index in [1.54, 1.807) is 12.1 Å². The number of halogens is 1. The molecule has 5 heteroatoms. The van der Waals surface area contributed by atoms with Crippen molar-refractivity contribution < 1.29 is 9.18 Å². The number of carbonyl (C=O) groups is 1. The number of nitrogens with zero attached hydrogens (tertiary/aromatic N) is 2. The average molecular weight is 298 g/mol. The fourth-order valence-corrected chi connectivity index (χ4v) is 2.86. The summed E-state index contributed by atoms with van der Waals surface area (Å²) in [6.07, 6.45) is 0. The Kier molecular flexibility index (Phi) is 7.62. The minimum absolute atomic E-state index is 0.147. The first-order chi connectivity index (χ1) is 9.58. The highest BCUT2D eigenvalue weighted by Crippen LogP contribution is 2.20. The predicted octanol–water partition coefficient (Wildman–Crippen LogP) is 2.72. The van der Waals surface area contributed by atoms with Gasteiger partial charge in [0.05, 0.1) is 6.54 Å². The average Bonchev–Trinajstić information content (AvgIpc) is 2.42. The third-order valence-corrected chi connectivity index (χ3v) is 4.12. The normalized spacial score (nSPS) is 10.8. The molecule has 3 nitrogen and oxygen atoms in total. The van der Waals surface area contributed by atoms with E-state index in [4.69, 9.17) is 0 Å². The summed E-state index contributed by atoms with van der Waals surface area (Å²) >= 11 is 1.48. The minimum atomic E-state index is -0.181. The number of rotatable bonds is 8. The van der Waals surface area contributed by atoms with E-state index < -0.39 is 0 Å². The van der Waals surface area contributed by atoms with Gasteiger partial charge in [-0.05, 0) is 33.0 Å². The van der Waals surface area contributed by atoms with Crippen LogP contribution in [0.5, 0.6) is 0 Å². The number of likely N-dealkylation sites (N-methyl/N-ethyl adjacent to an activating group) is 2. The van der Waals surface area contributed by atoms with Gasteiger partial charge in [-0.25, -0.2) is 4.39 Å². The predicted molar refractivity (Wildman–Crippen MR) is 82.5 cm³/mol. The highest BCUT2D eigenvalue weighted by molar-refractivity contribution is 7.99. The van der Waals surface area contributed by atoms with Crippen molar-refractivity contribution in [2.45, 2.75) is 18.7 Å². The first kappa shape index (κ1) is 17.0. The van der Waals surface area contributed by atoms with E-state index in [0.29, 0.717) is 11.4 Å². The Bertz CT molecular complexity index is 424. The summed E-state index contributed by atoms with van der Waals surface area (Å²) in [5, 5.41) is 0.